The van der Waals surface area contributed by atoms with Crippen LogP contribution in [0.2, 0.25) is 0 Å². The SMILES string of the molecule is C=CC(C)NCC(C)(O)CSC. The van der Waals surface area contributed by atoms with Gasteiger partial charge in [0.05, 0.1) is 5.60 Å². The first kappa shape index (κ1) is 12.0. The zero-order valence-electron chi connectivity index (χ0n) is 8.13. The van der Waals surface area contributed by atoms with Crippen LogP contribution in [0.25, 0.3) is 0 Å². The van der Waals surface area contributed by atoms with Crippen LogP contribution < -0.4 is 5.32 Å². The fourth-order valence-electron chi connectivity index (χ4n) is 0.826. The molecule has 2 nitrogen and oxygen atoms in total. The predicted octanol–water partition coefficient (Wildman–Crippen LogP) is 1.26. The fourth-order valence-corrected chi connectivity index (χ4v) is 1.55. The van der Waals surface area contributed by atoms with E-state index < -0.39 is 5.60 Å². The lowest BCUT2D eigenvalue weighted by Crippen LogP contribution is -2.42. The Bertz CT molecular complexity index is 136. The van der Waals surface area contributed by atoms with Gasteiger partial charge in [-0.3, -0.25) is 0 Å². The summed E-state index contributed by atoms with van der Waals surface area (Å²) in [7, 11) is 0. The van der Waals surface area contributed by atoms with Crippen molar-refractivity contribution >= 4 is 11.8 Å². The summed E-state index contributed by atoms with van der Waals surface area (Å²) in [5.74, 6) is 0.754. The first-order valence-electron chi connectivity index (χ1n) is 4.09. The van der Waals surface area contributed by atoms with Crippen molar-refractivity contribution in [2.75, 3.05) is 18.6 Å². The summed E-state index contributed by atoms with van der Waals surface area (Å²) in [5, 5.41) is 12.9. The van der Waals surface area contributed by atoms with Crippen LogP contribution in [0.4, 0.5) is 0 Å². The predicted molar refractivity (Wildman–Crippen MR) is 56.7 cm³/mol. The number of nitrogens with one attached hydrogen (secondary N) is 1. The molecule has 0 heterocycles. The minimum atomic E-state index is -0.614. The second kappa shape index (κ2) is 5.62. The third kappa shape index (κ3) is 5.63. The molecular formula is C9H19NOS. The second-order valence-corrected chi connectivity index (χ2v) is 4.20. The molecule has 0 aliphatic heterocycles. The van der Waals surface area contributed by atoms with Crippen molar-refractivity contribution in [3.8, 4) is 0 Å². The van der Waals surface area contributed by atoms with Crippen LogP contribution in [-0.4, -0.2) is 35.3 Å². The van der Waals surface area contributed by atoms with Crippen LogP contribution in [0.15, 0.2) is 12.7 Å². The van der Waals surface area contributed by atoms with E-state index in [0.29, 0.717) is 6.54 Å². The van der Waals surface area contributed by atoms with Crippen LogP contribution in [0, 0.1) is 0 Å². The van der Waals surface area contributed by atoms with Crippen LogP contribution in [0.3, 0.4) is 0 Å². The average Bonchev–Trinajstić information content (AvgIpc) is 2.00. The largest absolute Gasteiger partial charge is 0.388 e. The molecule has 0 amide bonds. The van der Waals surface area contributed by atoms with E-state index in [0.717, 1.165) is 5.75 Å². The summed E-state index contributed by atoms with van der Waals surface area (Å²) in [6.07, 6.45) is 3.82. The van der Waals surface area contributed by atoms with Crippen molar-refractivity contribution in [2.45, 2.75) is 25.5 Å². The summed E-state index contributed by atoms with van der Waals surface area (Å²) in [6, 6.07) is 0.262. The van der Waals surface area contributed by atoms with Crippen molar-refractivity contribution < 1.29 is 5.11 Å². The van der Waals surface area contributed by atoms with Crippen molar-refractivity contribution in [3.63, 3.8) is 0 Å². The summed E-state index contributed by atoms with van der Waals surface area (Å²) < 4.78 is 0. The van der Waals surface area contributed by atoms with Gasteiger partial charge in [0, 0.05) is 18.3 Å². The number of hydrogen-bond donors (Lipinski definition) is 2. The van der Waals surface area contributed by atoms with Crippen LogP contribution >= 0.6 is 11.8 Å². The summed E-state index contributed by atoms with van der Waals surface area (Å²) in [6.45, 7) is 8.13. The molecule has 0 aliphatic carbocycles. The minimum absolute atomic E-state index is 0.262. The Morgan fingerprint density at radius 1 is 1.75 bits per heavy atom. The van der Waals surface area contributed by atoms with Crippen molar-refractivity contribution in [2.24, 2.45) is 0 Å². The molecule has 0 aliphatic rings. The molecule has 0 aromatic heterocycles. The van der Waals surface area contributed by atoms with Gasteiger partial charge in [-0.05, 0) is 20.1 Å². The van der Waals surface area contributed by atoms with Gasteiger partial charge in [-0.2, -0.15) is 11.8 Å². The maximum atomic E-state index is 9.74. The smallest absolute Gasteiger partial charge is 0.0833 e. The standard InChI is InChI=1S/C9H19NOS/c1-5-8(2)10-6-9(3,11)7-12-4/h5,8,10-11H,1,6-7H2,2-4H3. The molecule has 0 aromatic carbocycles. The van der Waals surface area contributed by atoms with Gasteiger partial charge in [0.25, 0.3) is 0 Å². The first-order valence-corrected chi connectivity index (χ1v) is 5.48. The van der Waals surface area contributed by atoms with Crippen LogP contribution in [0.5, 0.6) is 0 Å². The molecule has 0 radical (unpaired) electrons. The summed E-state index contributed by atoms with van der Waals surface area (Å²) in [4.78, 5) is 0. The Labute approximate surface area is 79.4 Å². The molecular weight excluding hydrogens is 170 g/mol. The van der Waals surface area contributed by atoms with E-state index in [2.05, 4.69) is 11.9 Å². The van der Waals surface area contributed by atoms with Gasteiger partial charge in [-0.1, -0.05) is 6.08 Å². The summed E-state index contributed by atoms with van der Waals surface area (Å²) in [5.41, 5.74) is -0.614. The first-order chi connectivity index (χ1) is 5.52. The van der Waals surface area contributed by atoms with Gasteiger partial charge in [0.2, 0.25) is 0 Å². The van der Waals surface area contributed by atoms with Gasteiger partial charge >= 0.3 is 0 Å². The van der Waals surface area contributed by atoms with Gasteiger partial charge in [-0.25, -0.2) is 0 Å². The molecule has 0 fully saturated rings. The molecule has 0 saturated carbocycles. The minimum Gasteiger partial charge on any atom is -0.388 e. The zero-order valence-corrected chi connectivity index (χ0v) is 8.95. The third-order valence-electron chi connectivity index (χ3n) is 1.61. The molecule has 0 saturated heterocycles. The lowest BCUT2D eigenvalue weighted by molar-refractivity contribution is 0.0836. The van der Waals surface area contributed by atoms with Gasteiger partial charge in [0.15, 0.2) is 0 Å². The zero-order chi connectivity index (χ0) is 9.61. The molecule has 0 spiro atoms. The molecule has 0 rings (SSSR count). The molecule has 2 atom stereocenters. The lowest BCUT2D eigenvalue weighted by atomic mass is 10.1. The molecule has 2 N–H and O–H groups in total. The van der Waals surface area contributed by atoms with E-state index in [1.807, 2.05) is 26.2 Å². The highest BCUT2D eigenvalue weighted by molar-refractivity contribution is 7.98. The maximum absolute atomic E-state index is 9.74. The molecule has 2 unspecified atom stereocenters. The Kier molecular flexibility index (Phi) is 5.63. The van der Waals surface area contributed by atoms with Crippen LogP contribution in [-0.2, 0) is 0 Å². The quantitative estimate of drug-likeness (QED) is 0.617. The topological polar surface area (TPSA) is 32.3 Å². The normalized spacial score (nSPS) is 18.3. The molecule has 72 valence electrons. The van der Waals surface area contributed by atoms with E-state index in [1.165, 1.54) is 0 Å². The molecule has 0 aromatic rings. The Morgan fingerprint density at radius 2 is 2.33 bits per heavy atom. The van der Waals surface area contributed by atoms with Crippen molar-refractivity contribution in [1.29, 1.82) is 0 Å². The van der Waals surface area contributed by atoms with Gasteiger partial charge < -0.3 is 10.4 Å². The highest BCUT2D eigenvalue weighted by Crippen LogP contribution is 2.09. The van der Waals surface area contributed by atoms with Crippen molar-refractivity contribution in [1.82, 2.24) is 5.32 Å². The molecule has 12 heavy (non-hydrogen) atoms. The lowest BCUT2D eigenvalue weighted by Gasteiger charge is -2.24. The highest BCUT2D eigenvalue weighted by atomic mass is 32.2. The Hall–Kier alpha value is 0.0100. The fraction of sp³-hybridized carbons (Fsp3) is 0.778. The Balaban J connectivity index is 3.66. The molecule has 3 heteroatoms. The van der Waals surface area contributed by atoms with E-state index >= 15 is 0 Å². The number of aliphatic hydroxyl groups is 1. The van der Waals surface area contributed by atoms with E-state index in [4.69, 9.17) is 0 Å². The monoisotopic (exact) mass is 189 g/mol. The number of hydrogen-bond acceptors (Lipinski definition) is 3. The molecule has 0 bridgehead atoms. The number of rotatable bonds is 6. The van der Waals surface area contributed by atoms with E-state index in [9.17, 15) is 5.11 Å². The number of thioether (sulfide) groups is 1. The van der Waals surface area contributed by atoms with E-state index in [-0.39, 0.29) is 6.04 Å². The average molecular weight is 189 g/mol. The van der Waals surface area contributed by atoms with Gasteiger partial charge in [0.1, 0.15) is 0 Å². The van der Waals surface area contributed by atoms with Crippen molar-refractivity contribution in [3.05, 3.63) is 12.7 Å². The highest BCUT2D eigenvalue weighted by Gasteiger charge is 2.19. The van der Waals surface area contributed by atoms with E-state index in [1.54, 1.807) is 11.8 Å². The second-order valence-electron chi connectivity index (χ2n) is 3.34. The summed E-state index contributed by atoms with van der Waals surface area (Å²) >= 11 is 1.65. The van der Waals surface area contributed by atoms with Gasteiger partial charge in [-0.15, -0.1) is 6.58 Å². The third-order valence-corrected chi connectivity index (χ3v) is 2.52. The Morgan fingerprint density at radius 3 is 2.75 bits per heavy atom. The van der Waals surface area contributed by atoms with Crippen LogP contribution in [0.1, 0.15) is 13.8 Å². The maximum Gasteiger partial charge on any atom is 0.0833 e.